The molecule has 3 aliphatic heterocycles. The number of carbonyl (C=O) groups is 1. The minimum atomic E-state index is 0.317. The van der Waals surface area contributed by atoms with Gasteiger partial charge in [0.1, 0.15) is 0 Å². The number of hydrogen-bond acceptors (Lipinski definition) is 4. The summed E-state index contributed by atoms with van der Waals surface area (Å²) in [5, 5.41) is 3.31. The van der Waals surface area contributed by atoms with E-state index in [0.717, 1.165) is 57.5 Å². The molecule has 5 heteroatoms. The summed E-state index contributed by atoms with van der Waals surface area (Å²) in [4.78, 5) is 16.9. The number of rotatable bonds is 2. The van der Waals surface area contributed by atoms with Gasteiger partial charge >= 0.3 is 0 Å². The van der Waals surface area contributed by atoms with Gasteiger partial charge in [0.25, 0.3) is 0 Å². The zero-order chi connectivity index (χ0) is 11.7. The lowest BCUT2D eigenvalue weighted by molar-refractivity contribution is -0.137. The first-order valence-electron chi connectivity index (χ1n) is 6.66. The second-order valence-electron chi connectivity index (χ2n) is 5.23. The Kier molecular flexibility index (Phi) is 3.59. The van der Waals surface area contributed by atoms with Crippen LogP contribution in [-0.2, 0) is 4.79 Å². The number of hydrogen-bond donors (Lipinski definition) is 1. The van der Waals surface area contributed by atoms with E-state index in [4.69, 9.17) is 0 Å². The first kappa shape index (κ1) is 11.8. The molecule has 4 nitrogen and oxygen atoms in total. The van der Waals surface area contributed by atoms with Crippen molar-refractivity contribution >= 4 is 17.7 Å². The molecular weight excluding hydrogens is 234 g/mol. The lowest BCUT2D eigenvalue weighted by Crippen LogP contribution is -2.62. The van der Waals surface area contributed by atoms with Crippen molar-refractivity contribution in [1.29, 1.82) is 0 Å². The number of carbonyl (C=O) groups excluding carboxylic acids is 1. The van der Waals surface area contributed by atoms with Crippen LogP contribution >= 0.6 is 11.8 Å². The molecule has 3 rings (SSSR count). The summed E-state index contributed by atoms with van der Waals surface area (Å²) in [6.45, 7) is 6.28. The van der Waals surface area contributed by atoms with Crippen molar-refractivity contribution in [3.05, 3.63) is 0 Å². The second-order valence-corrected chi connectivity index (χ2v) is 6.38. The van der Waals surface area contributed by atoms with Crippen LogP contribution in [0.3, 0.4) is 0 Å². The van der Waals surface area contributed by atoms with Crippen LogP contribution in [-0.4, -0.2) is 72.5 Å². The smallest absolute Gasteiger partial charge is 0.226 e. The molecule has 17 heavy (non-hydrogen) atoms. The lowest BCUT2D eigenvalue weighted by Gasteiger charge is -2.43. The summed E-state index contributed by atoms with van der Waals surface area (Å²) in [5.74, 6) is 2.95. The van der Waals surface area contributed by atoms with Crippen molar-refractivity contribution in [2.45, 2.75) is 12.5 Å². The predicted molar refractivity (Wildman–Crippen MR) is 70.2 cm³/mol. The molecule has 1 atom stereocenters. The molecule has 3 saturated heterocycles. The Labute approximate surface area is 107 Å². The van der Waals surface area contributed by atoms with Crippen molar-refractivity contribution in [1.82, 2.24) is 15.1 Å². The normalized spacial score (nSPS) is 31.5. The monoisotopic (exact) mass is 255 g/mol. The van der Waals surface area contributed by atoms with Gasteiger partial charge in [0, 0.05) is 57.0 Å². The van der Waals surface area contributed by atoms with Gasteiger partial charge in [-0.2, -0.15) is 11.8 Å². The van der Waals surface area contributed by atoms with Gasteiger partial charge in [-0.3, -0.25) is 9.69 Å². The van der Waals surface area contributed by atoms with E-state index in [0.29, 0.717) is 11.8 Å². The average Bonchev–Trinajstić information content (AvgIpc) is 2.80. The SMILES string of the molecule is O=C(C1CCSC1)N1CCN(C2CNC2)CC1. The van der Waals surface area contributed by atoms with Crippen molar-refractivity contribution in [3.63, 3.8) is 0 Å². The Hall–Kier alpha value is -0.260. The fourth-order valence-corrected chi connectivity index (χ4v) is 4.04. The van der Waals surface area contributed by atoms with E-state index in [1.165, 1.54) is 5.75 Å². The Balaban J connectivity index is 1.48. The van der Waals surface area contributed by atoms with Crippen LogP contribution < -0.4 is 5.32 Å². The Morgan fingerprint density at radius 1 is 1.18 bits per heavy atom. The zero-order valence-corrected chi connectivity index (χ0v) is 11.0. The third-order valence-corrected chi connectivity index (χ3v) is 5.34. The molecule has 3 aliphatic rings. The van der Waals surface area contributed by atoms with Crippen LogP contribution in [0, 0.1) is 5.92 Å². The Bertz CT molecular complexity index is 281. The van der Waals surface area contributed by atoms with Crippen LogP contribution in [0.15, 0.2) is 0 Å². The van der Waals surface area contributed by atoms with Crippen LogP contribution in [0.25, 0.3) is 0 Å². The minimum Gasteiger partial charge on any atom is -0.340 e. The number of amides is 1. The molecule has 1 N–H and O–H groups in total. The minimum absolute atomic E-state index is 0.317. The maximum Gasteiger partial charge on any atom is 0.226 e. The molecule has 0 spiro atoms. The van der Waals surface area contributed by atoms with Gasteiger partial charge in [-0.25, -0.2) is 0 Å². The van der Waals surface area contributed by atoms with Gasteiger partial charge in [-0.15, -0.1) is 0 Å². The first-order chi connectivity index (χ1) is 8.34. The van der Waals surface area contributed by atoms with Gasteiger partial charge in [-0.1, -0.05) is 0 Å². The van der Waals surface area contributed by atoms with Crippen molar-refractivity contribution in [2.75, 3.05) is 50.8 Å². The third kappa shape index (κ3) is 2.46. The number of piperazine rings is 1. The zero-order valence-electron chi connectivity index (χ0n) is 10.2. The Morgan fingerprint density at radius 2 is 1.94 bits per heavy atom. The second kappa shape index (κ2) is 5.16. The molecule has 0 aromatic rings. The molecular formula is C12H21N3OS. The topological polar surface area (TPSA) is 35.6 Å². The summed E-state index contributed by atoms with van der Waals surface area (Å²) >= 11 is 1.93. The third-order valence-electron chi connectivity index (χ3n) is 4.18. The van der Waals surface area contributed by atoms with E-state index >= 15 is 0 Å². The quantitative estimate of drug-likeness (QED) is 0.745. The van der Waals surface area contributed by atoms with Gasteiger partial charge in [0.15, 0.2) is 0 Å². The van der Waals surface area contributed by atoms with Crippen LogP contribution in [0.5, 0.6) is 0 Å². The highest BCUT2D eigenvalue weighted by Crippen LogP contribution is 2.25. The molecule has 0 saturated carbocycles. The number of nitrogens with one attached hydrogen (secondary N) is 1. The van der Waals surface area contributed by atoms with E-state index in [2.05, 4.69) is 15.1 Å². The van der Waals surface area contributed by atoms with E-state index in [9.17, 15) is 4.79 Å². The molecule has 0 aromatic carbocycles. The molecule has 0 bridgehead atoms. The van der Waals surface area contributed by atoms with Gasteiger partial charge in [-0.05, 0) is 12.2 Å². The molecule has 96 valence electrons. The molecule has 0 radical (unpaired) electrons. The summed E-state index contributed by atoms with van der Waals surface area (Å²) in [7, 11) is 0. The fourth-order valence-electron chi connectivity index (χ4n) is 2.83. The van der Waals surface area contributed by atoms with Crippen LogP contribution in [0.1, 0.15) is 6.42 Å². The summed E-state index contributed by atoms with van der Waals surface area (Å²) in [6, 6.07) is 0.731. The maximum atomic E-state index is 12.2. The summed E-state index contributed by atoms with van der Waals surface area (Å²) in [6.07, 6.45) is 1.09. The summed E-state index contributed by atoms with van der Waals surface area (Å²) in [5.41, 5.74) is 0. The van der Waals surface area contributed by atoms with Crippen LogP contribution in [0.4, 0.5) is 0 Å². The lowest BCUT2D eigenvalue weighted by atomic mass is 10.1. The van der Waals surface area contributed by atoms with Gasteiger partial charge in [0.2, 0.25) is 5.91 Å². The maximum absolute atomic E-state index is 12.2. The van der Waals surface area contributed by atoms with Gasteiger partial charge in [0.05, 0.1) is 0 Å². The molecule has 1 amide bonds. The van der Waals surface area contributed by atoms with Crippen LogP contribution in [0.2, 0.25) is 0 Å². The predicted octanol–water partition coefficient (Wildman–Crippen LogP) is -0.144. The van der Waals surface area contributed by atoms with Crippen molar-refractivity contribution < 1.29 is 4.79 Å². The largest absolute Gasteiger partial charge is 0.340 e. The van der Waals surface area contributed by atoms with E-state index in [-0.39, 0.29) is 0 Å². The molecule has 3 heterocycles. The molecule has 3 fully saturated rings. The first-order valence-corrected chi connectivity index (χ1v) is 7.81. The molecule has 1 unspecified atom stereocenters. The number of thioether (sulfide) groups is 1. The Morgan fingerprint density at radius 3 is 2.47 bits per heavy atom. The van der Waals surface area contributed by atoms with Crippen molar-refractivity contribution in [3.8, 4) is 0 Å². The number of nitrogens with zero attached hydrogens (tertiary/aromatic N) is 2. The standard InChI is InChI=1S/C12H21N3OS/c16-12(10-1-6-17-9-10)15-4-2-14(3-5-15)11-7-13-8-11/h10-11,13H,1-9H2. The van der Waals surface area contributed by atoms with E-state index in [1.807, 2.05) is 11.8 Å². The highest BCUT2D eigenvalue weighted by molar-refractivity contribution is 7.99. The fraction of sp³-hybridized carbons (Fsp3) is 0.917. The average molecular weight is 255 g/mol. The van der Waals surface area contributed by atoms with E-state index < -0.39 is 0 Å². The van der Waals surface area contributed by atoms with Gasteiger partial charge < -0.3 is 10.2 Å². The molecule has 0 aliphatic carbocycles. The summed E-state index contributed by atoms with van der Waals surface area (Å²) < 4.78 is 0. The molecule has 0 aromatic heterocycles. The van der Waals surface area contributed by atoms with Crippen molar-refractivity contribution in [2.24, 2.45) is 5.92 Å². The highest BCUT2D eigenvalue weighted by Gasteiger charge is 2.32. The highest BCUT2D eigenvalue weighted by atomic mass is 32.2. The van der Waals surface area contributed by atoms with E-state index in [1.54, 1.807) is 0 Å².